The van der Waals surface area contributed by atoms with Gasteiger partial charge in [0, 0.05) is 18.0 Å². The van der Waals surface area contributed by atoms with Crippen LogP contribution in [-0.2, 0) is 6.54 Å². The lowest BCUT2D eigenvalue weighted by Gasteiger charge is -2.39. The molecule has 0 aliphatic heterocycles. The fourth-order valence-electron chi connectivity index (χ4n) is 2.93. The maximum atomic E-state index is 13.4. The maximum absolute atomic E-state index is 13.4. The summed E-state index contributed by atoms with van der Waals surface area (Å²) < 4.78 is 13.4. The van der Waals surface area contributed by atoms with Gasteiger partial charge in [0.1, 0.15) is 5.82 Å². The first kappa shape index (κ1) is 15.1. The van der Waals surface area contributed by atoms with E-state index in [4.69, 9.17) is 23.2 Å². The van der Waals surface area contributed by atoms with E-state index in [-0.39, 0.29) is 16.4 Å². The molecule has 2 unspecified atom stereocenters. The summed E-state index contributed by atoms with van der Waals surface area (Å²) in [5.74, 6) is 0.938. The lowest BCUT2D eigenvalue weighted by molar-refractivity contribution is 0.207. The van der Waals surface area contributed by atoms with Crippen LogP contribution in [0.4, 0.5) is 4.39 Å². The van der Waals surface area contributed by atoms with Crippen LogP contribution in [0.3, 0.4) is 0 Å². The Hall–Kier alpha value is -0.310. The Bertz CT molecular complexity index is 438. The fourth-order valence-corrected chi connectivity index (χ4v) is 3.38. The van der Waals surface area contributed by atoms with E-state index in [9.17, 15) is 4.39 Å². The zero-order valence-corrected chi connectivity index (χ0v) is 12.7. The SMILES string of the molecule is CC1CCCC(CCl)(NCc2ccc(Cl)c(F)c2)C1. The number of nitrogens with one attached hydrogen (secondary N) is 1. The van der Waals surface area contributed by atoms with E-state index in [0.717, 1.165) is 18.4 Å². The lowest BCUT2D eigenvalue weighted by atomic mass is 9.77. The van der Waals surface area contributed by atoms with Crippen LogP contribution >= 0.6 is 23.2 Å². The molecule has 1 nitrogen and oxygen atoms in total. The third kappa shape index (κ3) is 3.84. The van der Waals surface area contributed by atoms with E-state index in [2.05, 4.69) is 12.2 Å². The van der Waals surface area contributed by atoms with Gasteiger partial charge in [-0.15, -0.1) is 11.6 Å². The maximum Gasteiger partial charge on any atom is 0.142 e. The van der Waals surface area contributed by atoms with Gasteiger partial charge in [0.05, 0.1) is 5.02 Å². The van der Waals surface area contributed by atoms with Gasteiger partial charge in [0.25, 0.3) is 0 Å². The highest BCUT2D eigenvalue weighted by Gasteiger charge is 2.33. The molecule has 0 radical (unpaired) electrons. The van der Waals surface area contributed by atoms with Crippen LogP contribution in [-0.4, -0.2) is 11.4 Å². The summed E-state index contributed by atoms with van der Waals surface area (Å²) in [5.41, 5.74) is 0.902. The van der Waals surface area contributed by atoms with Gasteiger partial charge in [-0.2, -0.15) is 0 Å². The molecular weight excluding hydrogens is 284 g/mol. The summed E-state index contributed by atoms with van der Waals surface area (Å²) in [6.07, 6.45) is 4.66. The van der Waals surface area contributed by atoms with E-state index < -0.39 is 0 Å². The van der Waals surface area contributed by atoms with Crippen LogP contribution in [0.25, 0.3) is 0 Å². The van der Waals surface area contributed by atoms with E-state index in [1.54, 1.807) is 6.07 Å². The highest BCUT2D eigenvalue weighted by molar-refractivity contribution is 6.30. The van der Waals surface area contributed by atoms with Crippen LogP contribution in [0.5, 0.6) is 0 Å². The molecule has 106 valence electrons. The smallest absolute Gasteiger partial charge is 0.142 e. The molecule has 1 aliphatic rings. The standard InChI is InChI=1S/C15H20Cl2FN/c1-11-3-2-6-15(8-11,10-16)19-9-12-4-5-13(17)14(18)7-12/h4-5,7,11,19H,2-3,6,8-10H2,1H3. The van der Waals surface area contributed by atoms with Gasteiger partial charge in [0.15, 0.2) is 0 Å². The third-order valence-corrected chi connectivity index (χ3v) is 4.82. The summed E-state index contributed by atoms with van der Waals surface area (Å²) in [5, 5.41) is 3.71. The molecule has 0 aromatic heterocycles. The van der Waals surface area contributed by atoms with Crippen molar-refractivity contribution in [2.24, 2.45) is 5.92 Å². The van der Waals surface area contributed by atoms with Crippen molar-refractivity contribution in [1.29, 1.82) is 0 Å². The number of hydrogen-bond donors (Lipinski definition) is 1. The van der Waals surface area contributed by atoms with Gasteiger partial charge in [-0.3, -0.25) is 0 Å². The molecule has 19 heavy (non-hydrogen) atoms. The summed E-state index contributed by atoms with van der Waals surface area (Å²) in [7, 11) is 0. The van der Waals surface area contributed by atoms with Crippen LogP contribution in [0.15, 0.2) is 18.2 Å². The van der Waals surface area contributed by atoms with Crippen molar-refractivity contribution in [3.63, 3.8) is 0 Å². The summed E-state index contributed by atoms with van der Waals surface area (Å²) in [6.45, 7) is 2.90. The second-order valence-electron chi connectivity index (χ2n) is 5.72. The molecule has 1 N–H and O–H groups in total. The zero-order valence-electron chi connectivity index (χ0n) is 11.2. The quantitative estimate of drug-likeness (QED) is 0.791. The van der Waals surface area contributed by atoms with Crippen molar-refractivity contribution in [3.05, 3.63) is 34.6 Å². The van der Waals surface area contributed by atoms with Gasteiger partial charge in [-0.1, -0.05) is 37.4 Å². The van der Waals surface area contributed by atoms with Gasteiger partial charge in [-0.05, 0) is 36.5 Å². The Balaban J connectivity index is 2.01. The van der Waals surface area contributed by atoms with E-state index in [0.29, 0.717) is 18.3 Å². The predicted molar refractivity (Wildman–Crippen MR) is 79.3 cm³/mol. The molecule has 0 bridgehead atoms. The molecule has 0 saturated heterocycles. The Morgan fingerprint density at radius 1 is 1.47 bits per heavy atom. The molecule has 0 amide bonds. The topological polar surface area (TPSA) is 12.0 Å². The number of alkyl halides is 1. The number of halogens is 3. The van der Waals surface area contributed by atoms with Crippen molar-refractivity contribution in [2.45, 2.75) is 44.7 Å². The average Bonchev–Trinajstić information content (AvgIpc) is 2.40. The second-order valence-corrected chi connectivity index (χ2v) is 6.39. The first-order chi connectivity index (χ1) is 9.04. The van der Waals surface area contributed by atoms with E-state index in [1.165, 1.54) is 18.9 Å². The first-order valence-corrected chi connectivity index (χ1v) is 7.71. The summed E-state index contributed by atoms with van der Waals surface area (Å²) >= 11 is 11.9. The van der Waals surface area contributed by atoms with Crippen LogP contribution in [0.1, 0.15) is 38.2 Å². The van der Waals surface area contributed by atoms with Crippen molar-refractivity contribution in [1.82, 2.24) is 5.32 Å². The normalized spacial score (nSPS) is 27.5. The molecule has 0 spiro atoms. The van der Waals surface area contributed by atoms with E-state index >= 15 is 0 Å². The number of benzene rings is 1. The third-order valence-electron chi connectivity index (χ3n) is 4.00. The first-order valence-electron chi connectivity index (χ1n) is 6.79. The molecule has 1 aromatic rings. The molecule has 0 heterocycles. The fraction of sp³-hybridized carbons (Fsp3) is 0.600. The number of hydrogen-bond acceptors (Lipinski definition) is 1. The number of rotatable bonds is 4. The molecule has 1 fully saturated rings. The highest BCUT2D eigenvalue weighted by atomic mass is 35.5. The van der Waals surface area contributed by atoms with Crippen molar-refractivity contribution in [2.75, 3.05) is 5.88 Å². The highest BCUT2D eigenvalue weighted by Crippen LogP contribution is 2.33. The summed E-state index contributed by atoms with van der Waals surface area (Å²) in [6, 6.07) is 4.95. The largest absolute Gasteiger partial charge is 0.306 e. The van der Waals surface area contributed by atoms with Gasteiger partial charge < -0.3 is 5.32 Å². The molecule has 1 aliphatic carbocycles. The molecule has 2 atom stereocenters. The minimum atomic E-state index is -0.363. The van der Waals surface area contributed by atoms with Crippen LogP contribution < -0.4 is 5.32 Å². The second kappa shape index (κ2) is 6.43. The average molecular weight is 304 g/mol. The zero-order chi connectivity index (χ0) is 13.9. The van der Waals surface area contributed by atoms with E-state index in [1.807, 2.05) is 6.07 Å². The Morgan fingerprint density at radius 3 is 2.89 bits per heavy atom. The molecule has 2 rings (SSSR count). The minimum absolute atomic E-state index is 0.00463. The summed E-state index contributed by atoms with van der Waals surface area (Å²) in [4.78, 5) is 0. The minimum Gasteiger partial charge on any atom is -0.306 e. The molecule has 1 saturated carbocycles. The molecule has 1 aromatic carbocycles. The van der Waals surface area contributed by atoms with Gasteiger partial charge in [0.2, 0.25) is 0 Å². The van der Waals surface area contributed by atoms with Crippen molar-refractivity contribution in [3.8, 4) is 0 Å². The predicted octanol–water partition coefficient (Wildman–Crippen LogP) is 4.76. The van der Waals surface area contributed by atoms with Gasteiger partial charge >= 0.3 is 0 Å². The Kier molecular flexibility index (Phi) is 5.10. The monoisotopic (exact) mass is 303 g/mol. The van der Waals surface area contributed by atoms with Crippen LogP contribution in [0, 0.1) is 11.7 Å². The molecular formula is C15H20Cl2FN. The van der Waals surface area contributed by atoms with Crippen molar-refractivity contribution < 1.29 is 4.39 Å². The Morgan fingerprint density at radius 2 is 2.26 bits per heavy atom. The Labute approximate surface area is 124 Å². The van der Waals surface area contributed by atoms with Crippen molar-refractivity contribution >= 4 is 23.2 Å². The van der Waals surface area contributed by atoms with Crippen LogP contribution in [0.2, 0.25) is 5.02 Å². The molecule has 4 heteroatoms. The van der Waals surface area contributed by atoms with Gasteiger partial charge in [-0.25, -0.2) is 4.39 Å². The lowest BCUT2D eigenvalue weighted by Crippen LogP contribution is -2.49.